The van der Waals surface area contributed by atoms with Crippen molar-refractivity contribution in [3.05, 3.63) is 0 Å². The van der Waals surface area contributed by atoms with E-state index in [9.17, 15) is 4.39 Å². The van der Waals surface area contributed by atoms with Gasteiger partial charge in [0.25, 0.3) is 0 Å². The number of ether oxygens (including phenoxy) is 1. The zero-order valence-electron chi connectivity index (χ0n) is 6.27. The van der Waals surface area contributed by atoms with Crippen LogP contribution in [-0.4, -0.2) is 33.0 Å². The lowest BCUT2D eigenvalue weighted by Gasteiger charge is -2.12. The van der Waals surface area contributed by atoms with Gasteiger partial charge in [0, 0.05) is 19.1 Å². The van der Waals surface area contributed by atoms with E-state index in [1.807, 2.05) is 0 Å². The van der Waals surface area contributed by atoms with Gasteiger partial charge in [-0.1, -0.05) is 0 Å². The van der Waals surface area contributed by atoms with E-state index in [2.05, 4.69) is 5.32 Å². The Labute approximate surface area is 60.8 Å². The van der Waals surface area contributed by atoms with E-state index in [1.165, 1.54) is 0 Å². The zero-order chi connectivity index (χ0) is 7.40. The van der Waals surface area contributed by atoms with E-state index < -0.39 is 6.17 Å². The van der Waals surface area contributed by atoms with Gasteiger partial charge in [0.05, 0.1) is 6.61 Å². The second-order valence-electron chi connectivity index (χ2n) is 2.70. The maximum Gasteiger partial charge on any atom is 0.118 e. The molecule has 1 saturated heterocycles. The summed E-state index contributed by atoms with van der Waals surface area (Å²) >= 11 is 0. The van der Waals surface area contributed by atoms with Gasteiger partial charge in [-0.05, 0) is 13.5 Å². The number of hydrogen-bond donors (Lipinski definition) is 1. The van der Waals surface area contributed by atoms with Crippen molar-refractivity contribution >= 4 is 0 Å². The zero-order valence-corrected chi connectivity index (χ0v) is 6.27. The first-order chi connectivity index (χ1) is 4.84. The molecule has 1 aliphatic rings. The Kier molecular flexibility index (Phi) is 3.09. The molecule has 0 radical (unpaired) electrons. The van der Waals surface area contributed by atoms with Crippen LogP contribution in [0.5, 0.6) is 0 Å². The molecule has 0 spiro atoms. The van der Waals surface area contributed by atoms with Gasteiger partial charge in [-0.2, -0.15) is 0 Å². The van der Waals surface area contributed by atoms with Crippen molar-refractivity contribution in [2.45, 2.75) is 12.6 Å². The van der Waals surface area contributed by atoms with Crippen LogP contribution in [0.1, 0.15) is 6.42 Å². The lowest BCUT2D eigenvalue weighted by Crippen LogP contribution is -2.27. The highest BCUT2D eigenvalue weighted by molar-refractivity contribution is 4.73. The fraction of sp³-hybridized carbons (Fsp3) is 1.00. The number of rotatable bonds is 3. The van der Waals surface area contributed by atoms with Crippen LogP contribution in [0, 0.1) is 5.92 Å². The first-order valence-electron chi connectivity index (χ1n) is 3.71. The van der Waals surface area contributed by atoms with Crippen LogP contribution in [0.3, 0.4) is 0 Å². The maximum atomic E-state index is 13.0. The van der Waals surface area contributed by atoms with E-state index >= 15 is 0 Å². The summed E-state index contributed by atoms with van der Waals surface area (Å²) in [6, 6.07) is 0. The van der Waals surface area contributed by atoms with E-state index in [0.717, 1.165) is 13.0 Å². The molecule has 1 fully saturated rings. The predicted molar refractivity (Wildman–Crippen MR) is 37.7 cm³/mol. The topological polar surface area (TPSA) is 21.3 Å². The van der Waals surface area contributed by atoms with Gasteiger partial charge in [-0.15, -0.1) is 0 Å². The molecule has 0 bridgehead atoms. The van der Waals surface area contributed by atoms with Gasteiger partial charge in [-0.25, -0.2) is 4.39 Å². The molecule has 0 aromatic carbocycles. The van der Waals surface area contributed by atoms with Gasteiger partial charge in [0.1, 0.15) is 6.17 Å². The summed E-state index contributed by atoms with van der Waals surface area (Å²) in [5.74, 6) is 0.132. The standard InChI is InChI=1S/C7H14FNO/c1-9-4-7(8)6-2-3-10-5-6/h6-7,9H,2-5H2,1H3/t6-,7+/m1/s1. The first kappa shape index (κ1) is 7.95. The molecule has 0 saturated carbocycles. The smallest absolute Gasteiger partial charge is 0.118 e. The van der Waals surface area contributed by atoms with Gasteiger partial charge >= 0.3 is 0 Å². The van der Waals surface area contributed by atoms with Crippen molar-refractivity contribution in [2.75, 3.05) is 26.8 Å². The van der Waals surface area contributed by atoms with Crippen molar-refractivity contribution in [3.63, 3.8) is 0 Å². The van der Waals surface area contributed by atoms with Crippen molar-refractivity contribution in [2.24, 2.45) is 5.92 Å². The summed E-state index contributed by atoms with van der Waals surface area (Å²) in [6.45, 7) is 1.78. The molecule has 60 valence electrons. The van der Waals surface area contributed by atoms with Gasteiger partial charge in [0.15, 0.2) is 0 Å². The lowest BCUT2D eigenvalue weighted by atomic mass is 10.0. The second-order valence-corrected chi connectivity index (χ2v) is 2.70. The molecule has 0 unspecified atom stereocenters. The average molecular weight is 147 g/mol. The average Bonchev–Trinajstić information content (AvgIpc) is 2.38. The number of hydrogen-bond acceptors (Lipinski definition) is 2. The molecule has 2 atom stereocenters. The quantitative estimate of drug-likeness (QED) is 0.630. The van der Waals surface area contributed by atoms with Crippen LogP contribution < -0.4 is 5.32 Å². The summed E-state index contributed by atoms with van der Waals surface area (Å²) in [5.41, 5.74) is 0. The van der Waals surface area contributed by atoms with E-state index in [-0.39, 0.29) is 5.92 Å². The Hall–Kier alpha value is -0.150. The molecular weight excluding hydrogens is 133 g/mol. The van der Waals surface area contributed by atoms with E-state index in [0.29, 0.717) is 13.2 Å². The highest BCUT2D eigenvalue weighted by atomic mass is 19.1. The molecule has 1 aliphatic heterocycles. The lowest BCUT2D eigenvalue weighted by molar-refractivity contribution is 0.154. The molecule has 1 N–H and O–H groups in total. The Bertz CT molecular complexity index is 93.6. The molecular formula is C7H14FNO. The van der Waals surface area contributed by atoms with Crippen LogP contribution in [0.4, 0.5) is 4.39 Å². The van der Waals surface area contributed by atoms with Crippen LogP contribution in [0.15, 0.2) is 0 Å². The fourth-order valence-electron chi connectivity index (χ4n) is 1.20. The molecule has 10 heavy (non-hydrogen) atoms. The first-order valence-corrected chi connectivity index (χ1v) is 3.71. The van der Waals surface area contributed by atoms with Crippen LogP contribution in [0.25, 0.3) is 0 Å². The molecule has 0 aliphatic carbocycles. The Morgan fingerprint density at radius 1 is 1.80 bits per heavy atom. The molecule has 3 heteroatoms. The second kappa shape index (κ2) is 3.88. The summed E-state index contributed by atoms with van der Waals surface area (Å²) in [5, 5.41) is 2.81. The summed E-state index contributed by atoms with van der Waals surface area (Å²) < 4.78 is 18.0. The summed E-state index contributed by atoms with van der Waals surface area (Å²) in [6.07, 6.45) is 0.149. The third kappa shape index (κ3) is 1.92. The molecule has 0 aromatic heterocycles. The van der Waals surface area contributed by atoms with Crippen molar-refractivity contribution in [1.82, 2.24) is 5.32 Å². The minimum Gasteiger partial charge on any atom is -0.381 e. The Balaban J connectivity index is 2.18. The normalized spacial score (nSPS) is 28.8. The van der Waals surface area contributed by atoms with Crippen LogP contribution in [-0.2, 0) is 4.74 Å². The van der Waals surface area contributed by atoms with E-state index in [4.69, 9.17) is 4.74 Å². The van der Waals surface area contributed by atoms with Gasteiger partial charge in [0.2, 0.25) is 0 Å². The Morgan fingerprint density at radius 2 is 2.60 bits per heavy atom. The largest absolute Gasteiger partial charge is 0.381 e. The van der Waals surface area contributed by atoms with Crippen molar-refractivity contribution in [3.8, 4) is 0 Å². The summed E-state index contributed by atoms with van der Waals surface area (Å²) in [4.78, 5) is 0. The SMILES string of the molecule is CNC[C@H](F)[C@@H]1CCOC1. The predicted octanol–water partition coefficient (Wildman–Crippen LogP) is 0.580. The third-order valence-corrected chi connectivity index (χ3v) is 1.88. The minimum absolute atomic E-state index is 0.132. The fourth-order valence-corrected chi connectivity index (χ4v) is 1.20. The highest BCUT2D eigenvalue weighted by Crippen LogP contribution is 2.18. The highest BCUT2D eigenvalue weighted by Gasteiger charge is 2.24. The molecule has 1 heterocycles. The number of halogens is 1. The van der Waals surface area contributed by atoms with Crippen LogP contribution in [0.2, 0.25) is 0 Å². The molecule has 1 rings (SSSR count). The summed E-state index contributed by atoms with van der Waals surface area (Å²) in [7, 11) is 1.77. The van der Waals surface area contributed by atoms with Crippen LogP contribution >= 0.6 is 0 Å². The number of alkyl halides is 1. The monoisotopic (exact) mass is 147 g/mol. The van der Waals surface area contributed by atoms with Crippen molar-refractivity contribution in [1.29, 1.82) is 0 Å². The van der Waals surface area contributed by atoms with E-state index in [1.54, 1.807) is 7.05 Å². The maximum absolute atomic E-state index is 13.0. The van der Waals surface area contributed by atoms with Crippen molar-refractivity contribution < 1.29 is 9.13 Å². The van der Waals surface area contributed by atoms with Gasteiger partial charge < -0.3 is 10.1 Å². The van der Waals surface area contributed by atoms with Gasteiger partial charge in [-0.3, -0.25) is 0 Å². The Morgan fingerprint density at radius 3 is 3.10 bits per heavy atom. The molecule has 0 aromatic rings. The number of nitrogens with one attached hydrogen (secondary N) is 1. The third-order valence-electron chi connectivity index (χ3n) is 1.88. The molecule has 2 nitrogen and oxygen atoms in total. The molecule has 0 amide bonds. The minimum atomic E-state index is -0.729.